The molecular weight excluding hydrogens is 397 g/mol. The summed E-state index contributed by atoms with van der Waals surface area (Å²) in [6.45, 7) is 7.23. The summed E-state index contributed by atoms with van der Waals surface area (Å²) in [7, 11) is 0. The molecule has 3 rings (SSSR count). The molecule has 0 fully saturated rings. The van der Waals surface area contributed by atoms with Crippen molar-refractivity contribution in [2.24, 2.45) is 0 Å². The van der Waals surface area contributed by atoms with Crippen molar-refractivity contribution < 1.29 is 4.79 Å². The predicted molar refractivity (Wildman–Crippen MR) is 111 cm³/mol. The number of nitrogens with one attached hydrogen (secondary N) is 1. The Labute approximate surface area is 174 Å². The van der Waals surface area contributed by atoms with Crippen LogP contribution in [0.4, 0.5) is 0 Å². The molecule has 0 bridgehead atoms. The van der Waals surface area contributed by atoms with E-state index < -0.39 is 0 Å². The molecule has 0 saturated heterocycles. The summed E-state index contributed by atoms with van der Waals surface area (Å²) >= 11 is 12.3. The Hall–Kier alpha value is -2.31. The molecule has 6 nitrogen and oxygen atoms in total. The molecule has 0 aliphatic heterocycles. The summed E-state index contributed by atoms with van der Waals surface area (Å²) in [4.78, 5) is 12.4. The van der Waals surface area contributed by atoms with E-state index in [1.807, 2.05) is 43.9 Å². The lowest BCUT2D eigenvalue weighted by Gasteiger charge is -2.08. The highest BCUT2D eigenvalue weighted by Gasteiger charge is 2.17. The zero-order valence-electron chi connectivity index (χ0n) is 16.2. The van der Waals surface area contributed by atoms with E-state index in [2.05, 4.69) is 15.5 Å². The Morgan fingerprint density at radius 2 is 2.00 bits per heavy atom. The number of amides is 1. The fourth-order valence-corrected chi connectivity index (χ4v) is 3.59. The lowest BCUT2D eigenvalue weighted by Crippen LogP contribution is -2.27. The minimum absolute atomic E-state index is 0.0235. The number of hydrogen-bond donors (Lipinski definition) is 1. The van der Waals surface area contributed by atoms with Gasteiger partial charge in [0.15, 0.2) is 0 Å². The van der Waals surface area contributed by atoms with Gasteiger partial charge in [-0.1, -0.05) is 23.2 Å². The van der Waals surface area contributed by atoms with Gasteiger partial charge in [-0.2, -0.15) is 10.2 Å². The third kappa shape index (κ3) is 4.75. The number of carbonyl (C=O) groups is 1. The summed E-state index contributed by atoms with van der Waals surface area (Å²) in [6, 6.07) is 5.28. The zero-order valence-corrected chi connectivity index (χ0v) is 17.7. The van der Waals surface area contributed by atoms with E-state index >= 15 is 0 Å². The van der Waals surface area contributed by atoms with Crippen LogP contribution in [0, 0.1) is 20.8 Å². The van der Waals surface area contributed by atoms with Crippen LogP contribution in [-0.2, 0) is 17.8 Å². The Kier molecular flexibility index (Phi) is 6.42. The number of hydrogen-bond acceptors (Lipinski definition) is 3. The van der Waals surface area contributed by atoms with Crippen LogP contribution in [0.25, 0.3) is 5.69 Å². The number of rotatable bonds is 7. The molecule has 0 radical (unpaired) electrons. The van der Waals surface area contributed by atoms with E-state index in [1.54, 1.807) is 16.8 Å². The van der Waals surface area contributed by atoms with Crippen molar-refractivity contribution in [1.29, 1.82) is 0 Å². The van der Waals surface area contributed by atoms with Gasteiger partial charge in [0.2, 0.25) is 5.91 Å². The maximum Gasteiger partial charge on any atom is 0.224 e. The summed E-state index contributed by atoms with van der Waals surface area (Å²) < 4.78 is 3.65. The highest BCUT2D eigenvalue weighted by Crippen LogP contribution is 2.27. The second-order valence-electron chi connectivity index (χ2n) is 6.82. The molecule has 0 aliphatic rings. The monoisotopic (exact) mass is 419 g/mol. The largest absolute Gasteiger partial charge is 0.356 e. The SMILES string of the molecule is Cc1cnn(CCCNC(=O)Cc2c(C)nn(-c3ccc(Cl)cc3Cl)c2C)c1. The molecule has 0 saturated carbocycles. The molecule has 2 aromatic heterocycles. The van der Waals surface area contributed by atoms with Gasteiger partial charge in [-0.25, -0.2) is 4.68 Å². The number of halogens is 2. The van der Waals surface area contributed by atoms with Crippen LogP contribution in [-0.4, -0.2) is 32.0 Å². The van der Waals surface area contributed by atoms with Gasteiger partial charge in [-0.3, -0.25) is 9.48 Å². The molecule has 1 amide bonds. The molecule has 0 atom stereocenters. The minimum atomic E-state index is -0.0235. The van der Waals surface area contributed by atoms with E-state index in [1.165, 1.54) is 0 Å². The van der Waals surface area contributed by atoms with Crippen LogP contribution >= 0.6 is 23.2 Å². The maximum atomic E-state index is 12.4. The van der Waals surface area contributed by atoms with E-state index in [9.17, 15) is 4.79 Å². The van der Waals surface area contributed by atoms with Crippen LogP contribution in [0.5, 0.6) is 0 Å². The van der Waals surface area contributed by atoms with Gasteiger partial charge in [-0.05, 0) is 51.0 Å². The van der Waals surface area contributed by atoms with Crippen molar-refractivity contribution >= 4 is 29.1 Å². The van der Waals surface area contributed by atoms with Crippen molar-refractivity contribution in [3.63, 3.8) is 0 Å². The van der Waals surface area contributed by atoms with E-state index in [-0.39, 0.29) is 12.3 Å². The van der Waals surface area contributed by atoms with Crippen molar-refractivity contribution in [2.45, 2.75) is 40.2 Å². The molecule has 0 spiro atoms. The van der Waals surface area contributed by atoms with E-state index in [0.29, 0.717) is 16.6 Å². The second-order valence-corrected chi connectivity index (χ2v) is 7.66. The molecule has 1 N–H and O–H groups in total. The number of aromatic nitrogens is 4. The average Bonchev–Trinajstić information content (AvgIpc) is 3.17. The van der Waals surface area contributed by atoms with Crippen LogP contribution in [0.3, 0.4) is 0 Å². The molecule has 0 unspecified atom stereocenters. The number of nitrogens with zero attached hydrogens (tertiary/aromatic N) is 4. The van der Waals surface area contributed by atoms with Gasteiger partial charge in [0.25, 0.3) is 0 Å². The number of benzene rings is 1. The van der Waals surface area contributed by atoms with Crippen LogP contribution in [0.15, 0.2) is 30.6 Å². The standard InChI is InChI=1S/C20H23Cl2N5O/c1-13-11-24-26(12-13)8-4-7-23-20(28)10-17-14(2)25-27(15(17)3)19-6-5-16(21)9-18(19)22/h5-6,9,11-12H,4,7-8,10H2,1-3H3,(H,23,28). The molecule has 3 aromatic rings. The van der Waals surface area contributed by atoms with Gasteiger partial charge in [0, 0.05) is 35.6 Å². The first-order chi connectivity index (χ1) is 13.3. The molecule has 8 heteroatoms. The fraction of sp³-hybridized carbons (Fsp3) is 0.350. The Balaban J connectivity index is 1.60. The highest BCUT2D eigenvalue weighted by molar-refractivity contribution is 6.35. The molecule has 148 valence electrons. The van der Waals surface area contributed by atoms with Gasteiger partial charge in [-0.15, -0.1) is 0 Å². The number of aryl methyl sites for hydroxylation is 3. The first kappa shape index (κ1) is 20.4. The summed E-state index contributed by atoms with van der Waals surface area (Å²) in [5, 5.41) is 12.9. The summed E-state index contributed by atoms with van der Waals surface area (Å²) in [6.07, 6.45) is 4.92. The van der Waals surface area contributed by atoms with Gasteiger partial charge < -0.3 is 5.32 Å². The average molecular weight is 420 g/mol. The van der Waals surface area contributed by atoms with Gasteiger partial charge in [0.1, 0.15) is 0 Å². The number of carbonyl (C=O) groups excluding carboxylic acids is 1. The van der Waals surface area contributed by atoms with Crippen molar-refractivity contribution in [2.75, 3.05) is 6.54 Å². The van der Waals surface area contributed by atoms with E-state index in [4.69, 9.17) is 23.2 Å². The zero-order chi connectivity index (χ0) is 20.3. The topological polar surface area (TPSA) is 64.7 Å². The predicted octanol–water partition coefficient (Wildman–Crippen LogP) is 4.05. The van der Waals surface area contributed by atoms with Crippen LogP contribution in [0.2, 0.25) is 10.0 Å². The van der Waals surface area contributed by atoms with Gasteiger partial charge >= 0.3 is 0 Å². The minimum Gasteiger partial charge on any atom is -0.356 e. The summed E-state index contributed by atoms with van der Waals surface area (Å²) in [5.41, 5.74) is 4.49. The molecule has 1 aromatic carbocycles. The summed E-state index contributed by atoms with van der Waals surface area (Å²) in [5.74, 6) is -0.0235. The molecule has 0 aliphatic carbocycles. The molecule has 2 heterocycles. The van der Waals surface area contributed by atoms with Crippen molar-refractivity contribution in [3.05, 3.63) is 63.2 Å². The van der Waals surface area contributed by atoms with Gasteiger partial charge in [0.05, 0.1) is 29.0 Å². The highest BCUT2D eigenvalue weighted by atomic mass is 35.5. The fourth-order valence-electron chi connectivity index (χ4n) is 3.10. The quantitative estimate of drug-likeness (QED) is 0.587. The lowest BCUT2D eigenvalue weighted by molar-refractivity contribution is -0.120. The van der Waals surface area contributed by atoms with Crippen molar-refractivity contribution in [3.8, 4) is 5.69 Å². The van der Waals surface area contributed by atoms with Crippen molar-refractivity contribution in [1.82, 2.24) is 24.9 Å². The molecular formula is C20H23Cl2N5O. The normalized spacial score (nSPS) is 11.0. The van der Waals surface area contributed by atoms with E-state index in [0.717, 1.165) is 41.2 Å². The molecule has 28 heavy (non-hydrogen) atoms. The third-order valence-electron chi connectivity index (χ3n) is 4.56. The van der Waals surface area contributed by atoms with Crippen LogP contribution in [0.1, 0.15) is 28.9 Å². The van der Waals surface area contributed by atoms with Crippen LogP contribution < -0.4 is 5.32 Å². The Morgan fingerprint density at radius 3 is 2.68 bits per heavy atom. The first-order valence-corrected chi connectivity index (χ1v) is 9.87. The Morgan fingerprint density at radius 1 is 1.21 bits per heavy atom. The third-order valence-corrected chi connectivity index (χ3v) is 5.10. The Bertz CT molecular complexity index is 993. The second kappa shape index (κ2) is 8.80. The lowest BCUT2D eigenvalue weighted by atomic mass is 10.1. The maximum absolute atomic E-state index is 12.4. The smallest absolute Gasteiger partial charge is 0.224 e. The first-order valence-electron chi connectivity index (χ1n) is 9.11.